The second kappa shape index (κ2) is 7.35. The topological polar surface area (TPSA) is 3.24 Å². The highest BCUT2D eigenvalue weighted by Gasteiger charge is 2.25. The van der Waals surface area contributed by atoms with Gasteiger partial charge in [-0.15, -0.1) is 0 Å². The first kappa shape index (κ1) is 16.9. The van der Waals surface area contributed by atoms with Crippen molar-refractivity contribution in [2.45, 2.75) is 12.5 Å². The molecule has 1 aliphatic heterocycles. The van der Waals surface area contributed by atoms with Crippen LogP contribution in [0.3, 0.4) is 0 Å². The lowest BCUT2D eigenvalue weighted by Crippen LogP contribution is -2.34. The second-order valence-electron chi connectivity index (χ2n) is 6.30. The van der Waals surface area contributed by atoms with E-state index in [0.717, 1.165) is 28.7 Å². The molecule has 0 saturated carbocycles. The summed E-state index contributed by atoms with van der Waals surface area (Å²) in [5.74, 6) is 6.53. The summed E-state index contributed by atoms with van der Waals surface area (Å²) in [6.07, 6.45) is 0.962. The zero-order valence-electron chi connectivity index (χ0n) is 14.1. The lowest BCUT2D eigenvalue weighted by molar-refractivity contribution is 0.625. The van der Waals surface area contributed by atoms with Gasteiger partial charge in [0.15, 0.2) is 0 Å². The maximum atomic E-state index is 13.3. The van der Waals surface area contributed by atoms with Gasteiger partial charge in [-0.2, -0.15) is 0 Å². The number of hydrogen-bond donors (Lipinski definition) is 0. The van der Waals surface area contributed by atoms with Crippen LogP contribution in [0.4, 0.5) is 10.1 Å². The van der Waals surface area contributed by atoms with E-state index in [0.29, 0.717) is 0 Å². The van der Waals surface area contributed by atoms with Crippen molar-refractivity contribution < 1.29 is 4.39 Å². The smallest absolute Gasteiger partial charge is 0.123 e. The molecule has 128 valence electrons. The molecule has 1 atom stereocenters. The molecule has 0 radical (unpaired) electrons. The van der Waals surface area contributed by atoms with Gasteiger partial charge in [0.1, 0.15) is 11.9 Å². The Hall–Kier alpha value is -2.57. The van der Waals surface area contributed by atoms with Gasteiger partial charge in [0, 0.05) is 22.3 Å². The van der Waals surface area contributed by atoms with Crippen molar-refractivity contribution in [2.24, 2.45) is 0 Å². The van der Waals surface area contributed by atoms with Crippen LogP contribution < -0.4 is 4.90 Å². The van der Waals surface area contributed by atoms with Crippen molar-refractivity contribution in [1.82, 2.24) is 0 Å². The van der Waals surface area contributed by atoms with Gasteiger partial charge in [-0.1, -0.05) is 52.0 Å². The third kappa shape index (κ3) is 3.52. The SMILES string of the molecule is Fc1ccc(N2CCc3ccccc3C2C#Cc2ccc(Br)cc2)cc1. The summed E-state index contributed by atoms with van der Waals surface area (Å²) in [4.78, 5) is 2.26. The maximum Gasteiger partial charge on any atom is 0.123 e. The molecule has 0 N–H and O–H groups in total. The largest absolute Gasteiger partial charge is 0.353 e. The molecule has 0 fully saturated rings. The molecule has 0 aromatic heterocycles. The van der Waals surface area contributed by atoms with Crippen molar-refractivity contribution >= 4 is 21.6 Å². The van der Waals surface area contributed by atoms with Crippen LogP contribution in [0.5, 0.6) is 0 Å². The first-order valence-electron chi connectivity index (χ1n) is 8.58. The van der Waals surface area contributed by atoms with E-state index in [4.69, 9.17) is 0 Å². The molecule has 0 amide bonds. The molecule has 1 heterocycles. The number of fused-ring (bicyclic) bond motifs is 1. The second-order valence-corrected chi connectivity index (χ2v) is 7.21. The standard InChI is InChI=1S/C23H17BrFN/c24-19-8-5-17(6-9-19)7-14-23-22-4-2-1-3-18(22)15-16-26(23)21-12-10-20(25)11-13-21/h1-6,8-13,23H,15-16H2. The summed E-state index contributed by atoms with van der Waals surface area (Å²) in [5.41, 5.74) is 4.54. The molecule has 1 unspecified atom stereocenters. The number of rotatable bonds is 1. The lowest BCUT2D eigenvalue weighted by Gasteiger charge is -2.36. The summed E-state index contributed by atoms with van der Waals surface area (Å²) < 4.78 is 14.4. The Bertz CT molecular complexity index is 968. The van der Waals surface area contributed by atoms with Crippen LogP contribution in [0.2, 0.25) is 0 Å². The maximum absolute atomic E-state index is 13.3. The normalized spacial score (nSPS) is 15.8. The van der Waals surface area contributed by atoms with Crippen LogP contribution in [0, 0.1) is 17.7 Å². The molecule has 0 aliphatic carbocycles. The number of benzene rings is 3. The third-order valence-electron chi connectivity index (χ3n) is 4.64. The molecule has 0 spiro atoms. The van der Waals surface area contributed by atoms with Gasteiger partial charge in [0.05, 0.1) is 0 Å². The molecule has 1 nitrogen and oxygen atoms in total. The molecular formula is C23H17BrFN. The van der Waals surface area contributed by atoms with E-state index in [1.54, 1.807) is 0 Å². The molecule has 3 heteroatoms. The summed E-state index contributed by atoms with van der Waals surface area (Å²) in [6.45, 7) is 0.863. The fraction of sp³-hybridized carbons (Fsp3) is 0.130. The van der Waals surface area contributed by atoms with E-state index in [9.17, 15) is 4.39 Å². The Kier molecular flexibility index (Phi) is 4.77. The van der Waals surface area contributed by atoms with Crippen LogP contribution in [0.1, 0.15) is 22.7 Å². The molecule has 26 heavy (non-hydrogen) atoms. The predicted molar refractivity (Wildman–Crippen MR) is 108 cm³/mol. The van der Waals surface area contributed by atoms with Crippen LogP contribution in [-0.2, 0) is 6.42 Å². The van der Waals surface area contributed by atoms with Gasteiger partial charge in [-0.05, 0) is 66.1 Å². The number of halogens is 2. The fourth-order valence-electron chi connectivity index (χ4n) is 3.32. The predicted octanol–water partition coefficient (Wildman–Crippen LogP) is 5.74. The summed E-state index contributed by atoms with van der Waals surface area (Å²) in [6, 6.07) is 23.1. The average Bonchev–Trinajstić information content (AvgIpc) is 2.68. The average molecular weight is 406 g/mol. The van der Waals surface area contributed by atoms with Gasteiger partial charge in [-0.25, -0.2) is 4.39 Å². The molecule has 3 aromatic carbocycles. The number of hydrogen-bond acceptors (Lipinski definition) is 1. The first-order chi connectivity index (χ1) is 12.7. The first-order valence-corrected chi connectivity index (χ1v) is 9.37. The quantitative estimate of drug-likeness (QED) is 0.466. The lowest BCUT2D eigenvalue weighted by atomic mass is 9.92. The number of anilines is 1. The van der Waals surface area contributed by atoms with E-state index in [-0.39, 0.29) is 11.9 Å². The van der Waals surface area contributed by atoms with Crippen molar-refractivity contribution in [3.8, 4) is 11.8 Å². The van der Waals surface area contributed by atoms with Crippen molar-refractivity contribution in [3.05, 3.63) is 99.8 Å². The minimum absolute atomic E-state index is 0.0472. The van der Waals surface area contributed by atoms with Crippen LogP contribution in [0.25, 0.3) is 0 Å². The van der Waals surface area contributed by atoms with Gasteiger partial charge >= 0.3 is 0 Å². The zero-order valence-corrected chi connectivity index (χ0v) is 15.7. The monoisotopic (exact) mass is 405 g/mol. The Morgan fingerprint density at radius 2 is 1.65 bits per heavy atom. The Balaban J connectivity index is 1.75. The van der Waals surface area contributed by atoms with E-state index in [2.05, 4.69) is 56.9 Å². The molecular weight excluding hydrogens is 389 g/mol. The molecule has 0 saturated heterocycles. The Morgan fingerprint density at radius 1 is 0.923 bits per heavy atom. The van der Waals surface area contributed by atoms with Crippen molar-refractivity contribution in [3.63, 3.8) is 0 Å². The number of nitrogens with zero attached hydrogens (tertiary/aromatic N) is 1. The highest BCUT2D eigenvalue weighted by atomic mass is 79.9. The Labute approximate surface area is 161 Å². The van der Waals surface area contributed by atoms with Crippen LogP contribution >= 0.6 is 15.9 Å². The highest BCUT2D eigenvalue weighted by Crippen LogP contribution is 2.33. The molecule has 0 bridgehead atoms. The van der Waals surface area contributed by atoms with Gasteiger partial charge in [-0.3, -0.25) is 0 Å². The van der Waals surface area contributed by atoms with E-state index >= 15 is 0 Å². The summed E-state index contributed by atoms with van der Waals surface area (Å²) >= 11 is 3.45. The van der Waals surface area contributed by atoms with Crippen LogP contribution in [0.15, 0.2) is 77.3 Å². The zero-order chi connectivity index (χ0) is 17.9. The summed E-state index contributed by atoms with van der Waals surface area (Å²) in [5, 5.41) is 0. The molecule has 3 aromatic rings. The van der Waals surface area contributed by atoms with Crippen molar-refractivity contribution in [2.75, 3.05) is 11.4 Å². The minimum atomic E-state index is -0.219. The molecule has 4 rings (SSSR count). The van der Waals surface area contributed by atoms with Gasteiger partial charge in [0.2, 0.25) is 0 Å². The van der Waals surface area contributed by atoms with Crippen molar-refractivity contribution in [1.29, 1.82) is 0 Å². The van der Waals surface area contributed by atoms with Gasteiger partial charge in [0.25, 0.3) is 0 Å². The Morgan fingerprint density at radius 3 is 2.42 bits per heavy atom. The minimum Gasteiger partial charge on any atom is -0.353 e. The third-order valence-corrected chi connectivity index (χ3v) is 5.17. The van der Waals surface area contributed by atoms with E-state index in [1.165, 1.54) is 23.3 Å². The van der Waals surface area contributed by atoms with E-state index < -0.39 is 0 Å². The summed E-state index contributed by atoms with van der Waals surface area (Å²) in [7, 11) is 0. The van der Waals surface area contributed by atoms with Crippen LogP contribution in [-0.4, -0.2) is 6.54 Å². The van der Waals surface area contributed by atoms with Gasteiger partial charge < -0.3 is 4.90 Å². The van der Waals surface area contributed by atoms with E-state index in [1.807, 2.05) is 36.4 Å². The molecule has 1 aliphatic rings. The fourth-order valence-corrected chi connectivity index (χ4v) is 3.58. The highest BCUT2D eigenvalue weighted by molar-refractivity contribution is 9.10.